The van der Waals surface area contributed by atoms with Gasteiger partial charge in [0.25, 0.3) is 0 Å². The second-order valence-electron chi connectivity index (χ2n) is 4.08. The smallest absolute Gasteiger partial charge is 0.0646 e. The van der Waals surface area contributed by atoms with E-state index in [9.17, 15) is 0 Å². The summed E-state index contributed by atoms with van der Waals surface area (Å²) in [6, 6.07) is 8.56. The molecule has 0 saturated carbocycles. The molecule has 1 atom stereocenters. The van der Waals surface area contributed by atoms with Crippen molar-refractivity contribution in [3.8, 4) is 0 Å². The average molecular weight is 215 g/mol. The van der Waals surface area contributed by atoms with Crippen LogP contribution in [0.25, 0.3) is 0 Å². The van der Waals surface area contributed by atoms with Gasteiger partial charge >= 0.3 is 0 Å². The van der Waals surface area contributed by atoms with Crippen LogP contribution in [0.15, 0.2) is 36.7 Å². The molecule has 1 unspecified atom stereocenters. The molecule has 0 aliphatic carbocycles. The van der Waals surface area contributed by atoms with Crippen molar-refractivity contribution in [2.24, 2.45) is 0 Å². The standard InChI is InChI=1S/C13H17N3/c1-10-4-5-11(2)16(10)15-12(3)13-6-8-14-9-7-13/h4-9,12,15H,1-3H3. The summed E-state index contributed by atoms with van der Waals surface area (Å²) in [4.78, 5) is 4.03. The molecule has 0 fully saturated rings. The van der Waals surface area contributed by atoms with E-state index in [1.165, 1.54) is 17.0 Å². The van der Waals surface area contributed by atoms with E-state index in [-0.39, 0.29) is 6.04 Å². The van der Waals surface area contributed by atoms with Crippen LogP contribution in [0.5, 0.6) is 0 Å². The summed E-state index contributed by atoms with van der Waals surface area (Å²) >= 11 is 0. The molecule has 0 aliphatic heterocycles. The van der Waals surface area contributed by atoms with Gasteiger partial charge in [0, 0.05) is 23.8 Å². The van der Waals surface area contributed by atoms with Crippen molar-refractivity contribution in [2.75, 3.05) is 5.43 Å². The predicted octanol–water partition coefficient (Wildman–Crippen LogP) is 2.80. The lowest BCUT2D eigenvalue weighted by Gasteiger charge is -2.19. The Labute approximate surface area is 96.1 Å². The van der Waals surface area contributed by atoms with E-state index in [0.717, 1.165) is 0 Å². The second-order valence-corrected chi connectivity index (χ2v) is 4.08. The largest absolute Gasteiger partial charge is 0.319 e. The normalized spacial score (nSPS) is 12.4. The molecule has 2 heterocycles. The van der Waals surface area contributed by atoms with Gasteiger partial charge in [-0.15, -0.1) is 0 Å². The fourth-order valence-electron chi connectivity index (χ4n) is 1.79. The molecule has 0 amide bonds. The molecule has 0 radical (unpaired) electrons. The third-order valence-electron chi connectivity index (χ3n) is 2.80. The molecule has 0 aliphatic rings. The lowest BCUT2D eigenvalue weighted by Crippen LogP contribution is -2.20. The molecule has 2 aromatic heterocycles. The van der Waals surface area contributed by atoms with E-state index in [2.05, 4.69) is 48.0 Å². The van der Waals surface area contributed by atoms with E-state index in [0.29, 0.717) is 0 Å². The van der Waals surface area contributed by atoms with Gasteiger partial charge in [0.15, 0.2) is 0 Å². The Hall–Kier alpha value is -1.77. The van der Waals surface area contributed by atoms with Crippen molar-refractivity contribution in [3.63, 3.8) is 0 Å². The van der Waals surface area contributed by atoms with Gasteiger partial charge in [0.2, 0.25) is 0 Å². The summed E-state index contributed by atoms with van der Waals surface area (Å²) in [5.74, 6) is 0. The van der Waals surface area contributed by atoms with E-state index in [1.807, 2.05) is 24.5 Å². The zero-order chi connectivity index (χ0) is 11.5. The molecular formula is C13H17N3. The topological polar surface area (TPSA) is 29.9 Å². The third-order valence-corrected chi connectivity index (χ3v) is 2.80. The summed E-state index contributed by atoms with van der Waals surface area (Å²) in [5.41, 5.74) is 7.14. The van der Waals surface area contributed by atoms with Gasteiger partial charge in [0.05, 0.1) is 6.04 Å². The Balaban J connectivity index is 2.17. The molecule has 1 N–H and O–H groups in total. The predicted molar refractivity (Wildman–Crippen MR) is 65.9 cm³/mol. The Morgan fingerprint density at radius 1 is 1.06 bits per heavy atom. The van der Waals surface area contributed by atoms with Crippen LogP contribution in [0.2, 0.25) is 0 Å². The van der Waals surface area contributed by atoms with Gasteiger partial charge in [-0.1, -0.05) is 0 Å². The Morgan fingerprint density at radius 2 is 1.62 bits per heavy atom. The summed E-state index contributed by atoms with van der Waals surface area (Å²) in [7, 11) is 0. The van der Waals surface area contributed by atoms with Crippen molar-refractivity contribution in [1.29, 1.82) is 0 Å². The Morgan fingerprint density at radius 3 is 2.19 bits per heavy atom. The van der Waals surface area contributed by atoms with Crippen LogP contribution in [0.3, 0.4) is 0 Å². The summed E-state index contributed by atoms with van der Waals surface area (Å²) < 4.78 is 2.12. The number of hydrogen-bond acceptors (Lipinski definition) is 2. The number of aryl methyl sites for hydroxylation is 2. The first-order valence-corrected chi connectivity index (χ1v) is 5.50. The minimum absolute atomic E-state index is 0.271. The molecular weight excluding hydrogens is 198 g/mol. The third kappa shape index (κ3) is 2.08. The zero-order valence-corrected chi connectivity index (χ0v) is 9.94. The van der Waals surface area contributed by atoms with E-state index in [4.69, 9.17) is 0 Å². The lowest BCUT2D eigenvalue weighted by atomic mass is 10.1. The Bertz CT molecular complexity index is 440. The highest BCUT2D eigenvalue weighted by Crippen LogP contribution is 2.14. The maximum Gasteiger partial charge on any atom is 0.0646 e. The molecule has 3 nitrogen and oxygen atoms in total. The molecule has 2 rings (SSSR count). The number of aromatic nitrogens is 2. The first-order valence-electron chi connectivity index (χ1n) is 5.50. The van der Waals surface area contributed by atoms with Gasteiger partial charge in [-0.3, -0.25) is 9.66 Å². The number of pyridine rings is 1. The molecule has 84 valence electrons. The molecule has 0 saturated heterocycles. The highest BCUT2D eigenvalue weighted by Gasteiger charge is 2.07. The van der Waals surface area contributed by atoms with E-state index >= 15 is 0 Å². The fourth-order valence-corrected chi connectivity index (χ4v) is 1.79. The lowest BCUT2D eigenvalue weighted by molar-refractivity contribution is 0.698. The average Bonchev–Trinajstić information content (AvgIpc) is 2.62. The van der Waals surface area contributed by atoms with Crippen molar-refractivity contribution in [1.82, 2.24) is 9.66 Å². The highest BCUT2D eigenvalue weighted by atomic mass is 15.4. The van der Waals surface area contributed by atoms with Crippen molar-refractivity contribution >= 4 is 0 Å². The summed E-state index contributed by atoms with van der Waals surface area (Å²) in [5, 5.41) is 0. The minimum Gasteiger partial charge on any atom is -0.319 e. The van der Waals surface area contributed by atoms with Crippen LogP contribution in [0, 0.1) is 13.8 Å². The van der Waals surface area contributed by atoms with Gasteiger partial charge in [-0.2, -0.15) is 0 Å². The quantitative estimate of drug-likeness (QED) is 0.853. The van der Waals surface area contributed by atoms with Crippen molar-refractivity contribution < 1.29 is 0 Å². The SMILES string of the molecule is Cc1ccc(C)n1NC(C)c1ccncc1. The maximum absolute atomic E-state index is 4.03. The van der Waals surface area contributed by atoms with Crippen LogP contribution in [-0.2, 0) is 0 Å². The zero-order valence-electron chi connectivity index (χ0n) is 9.94. The van der Waals surface area contributed by atoms with Crippen LogP contribution in [0.1, 0.15) is 29.9 Å². The number of hydrogen-bond donors (Lipinski definition) is 1. The molecule has 2 aromatic rings. The molecule has 0 bridgehead atoms. The first-order chi connectivity index (χ1) is 7.68. The van der Waals surface area contributed by atoms with Gasteiger partial charge in [0.1, 0.15) is 0 Å². The number of rotatable bonds is 3. The molecule has 0 aromatic carbocycles. The van der Waals surface area contributed by atoms with Crippen LogP contribution in [0.4, 0.5) is 0 Å². The maximum atomic E-state index is 4.03. The fraction of sp³-hybridized carbons (Fsp3) is 0.308. The number of nitrogens with one attached hydrogen (secondary N) is 1. The van der Waals surface area contributed by atoms with Crippen LogP contribution >= 0.6 is 0 Å². The van der Waals surface area contributed by atoms with Crippen LogP contribution in [-0.4, -0.2) is 9.66 Å². The van der Waals surface area contributed by atoms with Gasteiger partial charge in [-0.25, -0.2) is 0 Å². The van der Waals surface area contributed by atoms with E-state index < -0.39 is 0 Å². The van der Waals surface area contributed by atoms with Gasteiger partial charge < -0.3 is 5.43 Å². The van der Waals surface area contributed by atoms with E-state index in [1.54, 1.807) is 0 Å². The first kappa shape index (κ1) is 10.7. The van der Waals surface area contributed by atoms with Gasteiger partial charge in [-0.05, 0) is 50.6 Å². The molecule has 3 heteroatoms. The molecule has 0 spiro atoms. The molecule has 16 heavy (non-hydrogen) atoms. The monoisotopic (exact) mass is 215 g/mol. The summed E-state index contributed by atoms with van der Waals surface area (Å²) in [6.45, 7) is 6.34. The summed E-state index contributed by atoms with van der Waals surface area (Å²) in [6.07, 6.45) is 3.64. The number of nitrogens with zero attached hydrogens (tertiary/aromatic N) is 2. The minimum atomic E-state index is 0.271. The highest BCUT2D eigenvalue weighted by molar-refractivity contribution is 5.20. The van der Waals surface area contributed by atoms with Crippen molar-refractivity contribution in [2.45, 2.75) is 26.8 Å². The second kappa shape index (κ2) is 4.39. The Kier molecular flexibility index (Phi) is 2.95. The van der Waals surface area contributed by atoms with Crippen molar-refractivity contribution in [3.05, 3.63) is 53.6 Å². The van der Waals surface area contributed by atoms with Crippen LogP contribution < -0.4 is 5.43 Å².